The van der Waals surface area contributed by atoms with Gasteiger partial charge in [-0.05, 0) is 91.7 Å². The van der Waals surface area contributed by atoms with Crippen molar-refractivity contribution in [1.82, 2.24) is 10.2 Å². The van der Waals surface area contributed by atoms with Crippen LogP contribution in [0.3, 0.4) is 0 Å². The Morgan fingerprint density at radius 1 is 1.06 bits per heavy atom. The Balaban J connectivity index is 2.43. The zero-order valence-corrected chi connectivity index (χ0v) is 23.7. The molecule has 0 saturated heterocycles. The zero-order valence-electron chi connectivity index (χ0n) is 20.0. The molecule has 0 heterocycles. The number of anilines is 1. The fraction of sp³-hybridized carbons (Fsp3) is 0.417. The van der Waals surface area contributed by atoms with Gasteiger partial charge in [0.1, 0.15) is 12.6 Å². The molecule has 2 amide bonds. The van der Waals surface area contributed by atoms with E-state index in [9.17, 15) is 18.0 Å². The number of sulfonamides is 1. The molecule has 34 heavy (non-hydrogen) atoms. The minimum Gasteiger partial charge on any atom is -0.350 e. The van der Waals surface area contributed by atoms with Gasteiger partial charge in [-0.2, -0.15) is 0 Å². The zero-order chi connectivity index (χ0) is 25.7. The molecule has 0 aliphatic heterocycles. The number of nitrogens with zero attached hydrogens (tertiary/aromatic N) is 2. The molecule has 0 bridgehead atoms. The summed E-state index contributed by atoms with van der Waals surface area (Å²) >= 11 is 8.13. The summed E-state index contributed by atoms with van der Waals surface area (Å²) in [4.78, 5) is 28.1. The van der Waals surface area contributed by atoms with Crippen molar-refractivity contribution in [3.63, 3.8) is 0 Å². The normalized spacial score (nSPS) is 12.7. The highest BCUT2D eigenvalue weighted by Crippen LogP contribution is 2.21. The summed E-state index contributed by atoms with van der Waals surface area (Å²) in [6, 6.07) is 13.1. The number of benzene rings is 2. The van der Waals surface area contributed by atoms with Gasteiger partial charge >= 0.3 is 0 Å². The maximum absolute atomic E-state index is 13.6. The topological polar surface area (TPSA) is 86.8 Å². The van der Waals surface area contributed by atoms with Crippen molar-refractivity contribution in [2.45, 2.75) is 52.2 Å². The molecule has 0 fully saturated rings. The fourth-order valence-corrected chi connectivity index (χ4v) is 4.72. The lowest BCUT2D eigenvalue weighted by molar-refractivity contribution is -0.141. The van der Waals surface area contributed by atoms with E-state index in [1.54, 1.807) is 48.5 Å². The third kappa shape index (κ3) is 8.42. The van der Waals surface area contributed by atoms with Gasteiger partial charge in [-0.15, -0.1) is 0 Å². The molecule has 2 aromatic carbocycles. The van der Waals surface area contributed by atoms with Gasteiger partial charge in [0.2, 0.25) is 21.8 Å². The third-order valence-electron chi connectivity index (χ3n) is 4.94. The van der Waals surface area contributed by atoms with E-state index in [1.807, 2.05) is 27.7 Å². The minimum atomic E-state index is -3.75. The number of carbonyl (C=O) groups excluding carboxylic acids is 2. The highest BCUT2D eigenvalue weighted by atomic mass is 127. The van der Waals surface area contributed by atoms with Gasteiger partial charge in [0.05, 0.1) is 11.9 Å². The predicted molar refractivity (Wildman–Crippen MR) is 145 cm³/mol. The monoisotopic (exact) mass is 619 g/mol. The molecule has 0 radical (unpaired) electrons. The second-order valence-corrected chi connectivity index (χ2v) is 12.6. The summed E-state index contributed by atoms with van der Waals surface area (Å²) in [6.07, 6.45) is 1.43. The number of rotatable bonds is 9. The van der Waals surface area contributed by atoms with Crippen LogP contribution in [0.5, 0.6) is 0 Å². The Labute approximate surface area is 221 Å². The summed E-state index contributed by atoms with van der Waals surface area (Å²) in [5.74, 6) is -0.771. The molecule has 1 atom stereocenters. The van der Waals surface area contributed by atoms with Crippen molar-refractivity contribution in [2.75, 3.05) is 17.1 Å². The van der Waals surface area contributed by atoms with Crippen LogP contribution in [0.25, 0.3) is 0 Å². The molecule has 0 spiro atoms. The van der Waals surface area contributed by atoms with Crippen LogP contribution in [0.15, 0.2) is 48.5 Å². The molecule has 2 rings (SSSR count). The van der Waals surface area contributed by atoms with E-state index in [0.29, 0.717) is 17.1 Å². The van der Waals surface area contributed by atoms with Crippen LogP contribution in [0.1, 0.15) is 39.7 Å². The molecule has 7 nitrogen and oxygen atoms in total. The van der Waals surface area contributed by atoms with E-state index in [1.165, 1.54) is 4.90 Å². The Kier molecular flexibility index (Phi) is 9.79. The largest absolute Gasteiger partial charge is 0.350 e. The Bertz CT molecular complexity index is 1100. The standard InChI is InChI=1S/C24H31ClIN3O4S/c1-6-21(23(31)27-24(2,3)4)28(15-17-7-9-18(25)10-8-17)22(30)16-29(34(5,32)33)20-13-11-19(26)12-14-20/h7-14,21H,6,15-16H2,1-5H3,(H,27,31)/t21-/m0/s1. The maximum Gasteiger partial charge on any atom is 0.244 e. The Morgan fingerprint density at radius 2 is 1.62 bits per heavy atom. The van der Waals surface area contributed by atoms with Crippen molar-refractivity contribution in [2.24, 2.45) is 0 Å². The van der Waals surface area contributed by atoms with Gasteiger partial charge in [0.15, 0.2) is 0 Å². The van der Waals surface area contributed by atoms with Crippen molar-refractivity contribution in [3.8, 4) is 0 Å². The first-order valence-electron chi connectivity index (χ1n) is 10.8. The highest BCUT2D eigenvalue weighted by molar-refractivity contribution is 14.1. The van der Waals surface area contributed by atoms with Crippen molar-refractivity contribution in [3.05, 3.63) is 62.7 Å². The molecular weight excluding hydrogens is 589 g/mol. The quantitative estimate of drug-likeness (QED) is 0.421. The first-order valence-corrected chi connectivity index (χ1v) is 14.1. The van der Waals surface area contributed by atoms with Crippen LogP contribution in [-0.2, 0) is 26.2 Å². The molecule has 0 unspecified atom stereocenters. The third-order valence-corrected chi connectivity index (χ3v) is 7.06. The summed E-state index contributed by atoms with van der Waals surface area (Å²) < 4.78 is 27.2. The van der Waals surface area contributed by atoms with Crippen LogP contribution in [0, 0.1) is 3.57 Å². The molecule has 0 saturated carbocycles. The molecule has 2 aromatic rings. The average molecular weight is 620 g/mol. The maximum atomic E-state index is 13.6. The van der Waals surface area contributed by atoms with E-state index in [0.717, 1.165) is 19.7 Å². The van der Waals surface area contributed by atoms with Crippen LogP contribution < -0.4 is 9.62 Å². The smallest absolute Gasteiger partial charge is 0.244 e. The molecule has 10 heteroatoms. The Hall–Kier alpha value is -1.85. The van der Waals surface area contributed by atoms with Crippen LogP contribution in [-0.4, -0.2) is 49.5 Å². The lowest BCUT2D eigenvalue weighted by atomic mass is 10.1. The van der Waals surface area contributed by atoms with Gasteiger partial charge in [0.25, 0.3) is 0 Å². The molecule has 186 valence electrons. The molecular formula is C24H31ClIN3O4S. The van der Waals surface area contributed by atoms with Gasteiger partial charge < -0.3 is 10.2 Å². The van der Waals surface area contributed by atoms with E-state index < -0.39 is 34.1 Å². The second kappa shape index (κ2) is 11.7. The molecule has 1 N–H and O–H groups in total. The second-order valence-electron chi connectivity index (χ2n) is 9.06. The van der Waals surface area contributed by atoms with E-state index in [-0.39, 0.29) is 12.5 Å². The lowest BCUT2D eigenvalue weighted by Crippen LogP contribution is -2.55. The number of nitrogens with one attached hydrogen (secondary N) is 1. The van der Waals surface area contributed by atoms with E-state index in [2.05, 4.69) is 27.9 Å². The first kappa shape index (κ1) is 28.4. The van der Waals surface area contributed by atoms with Gasteiger partial charge in [-0.1, -0.05) is 30.7 Å². The summed E-state index contributed by atoms with van der Waals surface area (Å²) in [5, 5.41) is 3.49. The van der Waals surface area contributed by atoms with Gasteiger partial charge in [-0.3, -0.25) is 13.9 Å². The van der Waals surface area contributed by atoms with Gasteiger partial charge in [-0.25, -0.2) is 8.42 Å². The number of hydrogen-bond acceptors (Lipinski definition) is 4. The predicted octanol–water partition coefficient (Wildman–Crippen LogP) is 4.43. The molecule has 0 aliphatic carbocycles. The van der Waals surface area contributed by atoms with Crippen LogP contribution >= 0.6 is 34.2 Å². The molecule has 0 aliphatic rings. The summed E-state index contributed by atoms with van der Waals surface area (Å²) in [7, 11) is -3.75. The number of halogens is 2. The average Bonchev–Trinajstić information content (AvgIpc) is 2.72. The Morgan fingerprint density at radius 3 is 2.09 bits per heavy atom. The highest BCUT2D eigenvalue weighted by Gasteiger charge is 2.33. The number of carbonyl (C=O) groups is 2. The summed E-state index contributed by atoms with van der Waals surface area (Å²) in [6.45, 7) is 7.13. The van der Waals surface area contributed by atoms with Gasteiger partial charge in [0, 0.05) is 20.7 Å². The minimum absolute atomic E-state index is 0.135. The lowest BCUT2D eigenvalue weighted by Gasteiger charge is -2.34. The first-order chi connectivity index (χ1) is 15.7. The summed E-state index contributed by atoms with van der Waals surface area (Å²) in [5.41, 5.74) is 0.675. The SMILES string of the molecule is CC[C@@H](C(=O)NC(C)(C)C)N(Cc1ccc(Cl)cc1)C(=O)CN(c1ccc(I)cc1)S(C)(=O)=O. The van der Waals surface area contributed by atoms with Crippen LogP contribution in [0.4, 0.5) is 5.69 Å². The van der Waals surface area contributed by atoms with Crippen molar-refractivity contribution in [1.29, 1.82) is 0 Å². The van der Waals surface area contributed by atoms with E-state index in [4.69, 9.17) is 11.6 Å². The number of amides is 2. The fourth-order valence-electron chi connectivity index (χ4n) is 3.38. The number of hydrogen-bond donors (Lipinski definition) is 1. The van der Waals surface area contributed by atoms with Crippen LogP contribution in [0.2, 0.25) is 5.02 Å². The molecule has 0 aromatic heterocycles. The van der Waals surface area contributed by atoms with E-state index >= 15 is 0 Å². The van der Waals surface area contributed by atoms with Crippen molar-refractivity contribution >= 4 is 61.7 Å². The van der Waals surface area contributed by atoms with Crippen molar-refractivity contribution < 1.29 is 18.0 Å².